The zero-order valence-electron chi connectivity index (χ0n) is 12.7. The van der Waals surface area contributed by atoms with E-state index in [1.165, 1.54) is 18.4 Å². The Kier molecular flexibility index (Phi) is 6.38. The maximum atomic E-state index is 11.6. The minimum absolute atomic E-state index is 0.230. The number of carbonyl (C=O) groups excluding carboxylic acids is 2. The molecule has 120 valence electrons. The molecule has 1 N–H and O–H groups in total. The van der Waals surface area contributed by atoms with Crippen molar-refractivity contribution in [2.24, 2.45) is 0 Å². The van der Waals surface area contributed by atoms with Gasteiger partial charge >= 0.3 is 12.1 Å². The van der Waals surface area contributed by atoms with Crippen LogP contribution in [0.1, 0.15) is 20.8 Å². The molecule has 0 fully saturated rings. The fraction of sp³-hybridized carbons (Fsp3) is 0.176. The van der Waals surface area contributed by atoms with Crippen LogP contribution in [-0.2, 0) is 16.1 Å². The van der Waals surface area contributed by atoms with Crippen molar-refractivity contribution in [3.05, 3.63) is 63.9 Å². The molecular weight excluding hydrogens is 314 g/mol. The molecule has 0 saturated heterocycles. The van der Waals surface area contributed by atoms with E-state index in [1.54, 1.807) is 12.2 Å². The molecule has 0 aliphatic heterocycles. The second kappa shape index (κ2) is 8.75. The summed E-state index contributed by atoms with van der Waals surface area (Å²) in [5, 5.41) is 4.43. The van der Waals surface area contributed by atoms with Crippen LogP contribution >= 0.6 is 11.3 Å². The number of amides is 1. The largest absolute Gasteiger partial charge is 0.465 e. The molecule has 0 spiro atoms. The lowest BCUT2D eigenvalue weighted by Gasteiger charge is -2.05. The predicted octanol–water partition coefficient (Wildman–Crippen LogP) is 3.47. The van der Waals surface area contributed by atoms with E-state index in [2.05, 4.69) is 5.32 Å². The second-order valence-corrected chi connectivity index (χ2v) is 5.46. The van der Waals surface area contributed by atoms with Crippen LogP contribution in [0.2, 0.25) is 0 Å². The Bertz CT molecular complexity index is 679. The number of ether oxygens (including phenoxy) is 2. The first-order valence-corrected chi connectivity index (χ1v) is 7.85. The average Bonchev–Trinajstić information content (AvgIpc) is 3.05. The predicted molar refractivity (Wildman–Crippen MR) is 89.3 cm³/mol. The first-order valence-electron chi connectivity index (χ1n) is 6.97. The highest BCUT2D eigenvalue weighted by atomic mass is 32.1. The molecule has 6 heteroatoms. The van der Waals surface area contributed by atoms with Crippen LogP contribution in [0, 0.1) is 0 Å². The quantitative estimate of drug-likeness (QED) is 0.823. The smallest absolute Gasteiger partial charge is 0.407 e. The van der Waals surface area contributed by atoms with E-state index in [1.807, 2.05) is 41.8 Å². The van der Waals surface area contributed by atoms with E-state index in [9.17, 15) is 9.59 Å². The summed E-state index contributed by atoms with van der Waals surface area (Å²) in [6, 6.07) is 11.3. The lowest BCUT2D eigenvalue weighted by molar-refractivity contribution is 0.0606. The summed E-state index contributed by atoms with van der Waals surface area (Å²) in [7, 11) is 1.35. The fourth-order valence-corrected chi connectivity index (χ4v) is 2.61. The molecule has 0 saturated carbocycles. The molecule has 1 aromatic carbocycles. The molecule has 23 heavy (non-hydrogen) atoms. The van der Waals surface area contributed by atoms with Crippen molar-refractivity contribution in [3.63, 3.8) is 0 Å². The van der Waals surface area contributed by atoms with Gasteiger partial charge in [0.05, 0.1) is 7.11 Å². The Morgan fingerprint density at radius 3 is 2.74 bits per heavy atom. The molecule has 1 heterocycles. The molecule has 0 atom stereocenters. The Morgan fingerprint density at radius 1 is 1.22 bits per heavy atom. The number of methoxy groups -OCH3 is 1. The van der Waals surface area contributed by atoms with Crippen molar-refractivity contribution in [1.82, 2.24) is 5.32 Å². The van der Waals surface area contributed by atoms with E-state index in [0.29, 0.717) is 11.4 Å². The van der Waals surface area contributed by atoms with Crippen LogP contribution in [-0.4, -0.2) is 25.7 Å². The van der Waals surface area contributed by atoms with Crippen molar-refractivity contribution in [2.75, 3.05) is 13.7 Å². The molecule has 2 rings (SSSR count). The first kappa shape index (κ1) is 16.8. The number of esters is 1. The molecular formula is C17H17NO4S. The van der Waals surface area contributed by atoms with E-state index >= 15 is 0 Å². The van der Waals surface area contributed by atoms with Gasteiger partial charge in [0.15, 0.2) is 0 Å². The van der Waals surface area contributed by atoms with Crippen LogP contribution in [0.5, 0.6) is 0 Å². The highest BCUT2D eigenvalue weighted by molar-refractivity contribution is 7.12. The number of hydrogen-bond donors (Lipinski definition) is 1. The van der Waals surface area contributed by atoms with Crippen LogP contribution in [0.3, 0.4) is 0 Å². The average molecular weight is 331 g/mol. The normalized spacial score (nSPS) is 10.5. The molecule has 1 amide bonds. The summed E-state index contributed by atoms with van der Waals surface area (Å²) in [5.74, 6) is -0.366. The molecule has 0 unspecified atom stereocenters. The van der Waals surface area contributed by atoms with E-state index in [0.717, 1.165) is 11.1 Å². The van der Waals surface area contributed by atoms with Gasteiger partial charge in [-0.1, -0.05) is 42.5 Å². The third-order valence-corrected chi connectivity index (χ3v) is 3.85. The number of benzene rings is 1. The van der Waals surface area contributed by atoms with Gasteiger partial charge < -0.3 is 14.8 Å². The zero-order chi connectivity index (χ0) is 16.5. The van der Waals surface area contributed by atoms with E-state index in [-0.39, 0.29) is 12.6 Å². The van der Waals surface area contributed by atoms with Gasteiger partial charge in [-0.3, -0.25) is 0 Å². The Balaban J connectivity index is 1.75. The molecule has 5 nitrogen and oxygen atoms in total. The van der Waals surface area contributed by atoms with Gasteiger partial charge in [-0.25, -0.2) is 9.59 Å². The minimum Gasteiger partial charge on any atom is -0.465 e. The summed E-state index contributed by atoms with van der Waals surface area (Å²) in [4.78, 5) is 23.6. The zero-order valence-corrected chi connectivity index (χ0v) is 13.5. The molecule has 0 aliphatic rings. The highest BCUT2D eigenvalue weighted by Crippen LogP contribution is 2.19. The van der Waals surface area contributed by atoms with Gasteiger partial charge in [-0.15, -0.1) is 11.3 Å². The van der Waals surface area contributed by atoms with Crippen molar-refractivity contribution >= 4 is 29.5 Å². The molecule has 1 aromatic heterocycles. The van der Waals surface area contributed by atoms with Crippen LogP contribution in [0.25, 0.3) is 6.08 Å². The monoisotopic (exact) mass is 331 g/mol. The molecule has 0 aliphatic carbocycles. The van der Waals surface area contributed by atoms with Crippen LogP contribution < -0.4 is 5.32 Å². The van der Waals surface area contributed by atoms with E-state index < -0.39 is 6.09 Å². The Hall–Kier alpha value is -2.60. The van der Waals surface area contributed by atoms with Gasteiger partial charge in [0.1, 0.15) is 11.5 Å². The third kappa shape index (κ3) is 5.27. The number of thiophene rings is 1. The molecule has 0 radical (unpaired) electrons. The van der Waals surface area contributed by atoms with Crippen LogP contribution in [0.15, 0.2) is 47.9 Å². The number of rotatable bonds is 6. The maximum absolute atomic E-state index is 11.6. The minimum atomic E-state index is -0.489. The lowest BCUT2D eigenvalue weighted by atomic mass is 10.2. The summed E-state index contributed by atoms with van der Waals surface area (Å²) >= 11 is 1.31. The lowest BCUT2D eigenvalue weighted by Crippen LogP contribution is -2.24. The van der Waals surface area contributed by atoms with Crippen molar-refractivity contribution in [2.45, 2.75) is 6.61 Å². The van der Waals surface area contributed by atoms with Gasteiger partial charge in [-0.05, 0) is 22.6 Å². The maximum Gasteiger partial charge on any atom is 0.407 e. The number of hydrogen-bond acceptors (Lipinski definition) is 5. The highest BCUT2D eigenvalue weighted by Gasteiger charge is 2.10. The summed E-state index contributed by atoms with van der Waals surface area (Å²) in [5.41, 5.74) is 1.69. The van der Waals surface area contributed by atoms with Crippen LogP contribution in [0.4, 0.5) is 4.79 Å². The third-order valence-electron chi connectivity index (χ3n) is 2.94. The molecule has 0 bridgehead atoms. The fourth-order valence-electron chi connectivity index (χ4n) is 1.81. The summed E-state index contributed by atoms with van der Waals surface area (Å²) in [6.07, 6.45) is 3.02. The Labute approximate surface area is 138 Å². The Morgan fingerprint density at radius 2 is 2.00 bits per heavy atom. The van der Waals surface area contributed by atoms with Gasteiger partial charge in [0, 0.05) is 6.54 Å². The summed E-state index contributed by atoms with van der Waals surface area (Å²) < 4.78 is 9.79. The number of carbonyl (C=O) groups is 2. The van der Waals surface area contributed by atoms with Crippen molar-refractivity contribution in [1.29, 1.82) is 0 Å². The number of nitrogens with one attached hydrogen (secondary N) is 1. The SMILES string of the molecule is COC(=O)c1sccc1C=CCNC(=O)OCc1ccccc1. The first-order chi connectivity index (χ1) is 11.2. The van der Waals surface area contributed by atoms with Crippen molar-refractivity contribution < 1.29 is 19.1 Å². The second-order valence-electron chi connectivity index (χ2n) is 4.54. The summed E-state index contributed by atoms with van der Waals surface area (Å²) in [6.45, 7) is 0.539. The standard InChI is InChI=1S/C17H17NO4S/c1-21-16(19)15-14(9-11-23-15)8-5-10-18-17(20)22-12-13-6-3-2-4-7-13/h2-9,11H,10,12H2,1H3,(H,18,20). The number of alkyl carbamates (subject to hydrolysis) is 1. The molecule has 2 aromatic rings. The van der Waals surface area contributed by atoms with Gasteiger partial charge in [0.2, 0.25) is 0 Å². The van der Waals surface area contributed by atoms with Crippen molar-refractivity contribution in [3.8, 4) is 0 Å². The van der Waals surface area contributed by atoms with Gasteiger partial charge in [-0.2, -0.15) is 0 Å². The van der Waals surface area contributed by atoms with Gasteiger partial charge in [0.25, 0.3) is 0 Å². The van der Waals surface area contributed by atoms with E-state index in [4.69, 9.17) is 9.47 Å². The topological polar surface area (TPSA) is 64.6 Å².